The number of aromatic nitrogens is 4. The molecule has 0 spiro atoms. The predicted octanol–water partition coefficient (Wildman–Crippen LogP) is 12.0. The maximum absolute atomic E-state index is 15.8. The van der Waals surface area contributed by atoms with E-state index in [1.807, 2.05) is 0 Å². The Morgan fingerprint density at radius 2 is 0.536 bits per heavy atom. The minimum absolute atomic E-state index is 0. The van der Waals surface area contributed by atoms with Crippen LogP contribution in [0.5, 0.6) is 0 Å². The molecule has 8 bridgehead atoms. The van der Waals surface area contributed by atoms with E-state index in [0.717, 1.165) is 62.6 Å². The minimum Gasteiger partial charge on any atom is -0.662 e. The zero-order valence-corrected chi connectivity index (χ0v) is 37.4. The Labute approximate surface area is 397 Å². The number of piperidine rings is 2. The van der Waals surface area contributed by atoms with Crippen LogP contribution in [0.25, 0.3) is 55.9 Å². The molecule has 3 aliphatic carbocycles. The van der Waals surface area contributed by atoms with Crippen LogP contribution in [-0.2, 0) is 17.1 Å². The Hall–Kier alpha value is -3.88. The molecule has 2 saturated heterocycles. The summed E-state index contributed by atoms with van der Waals surface area (Å²) in [4.78, 5) is 16.8. The summed E-state index contributed by atoms with van der Waals surface area (Å²) in [5, 5.41) is 8.35. The minimum atomic E-state index is -3.28. The molecule has 6 nitrogen and oxygen atoms in total. The summed E-state index contributed by atoms with van der Waals surface area (Å²) < 4.78 is 226. The molecule has 4 aromatic rings. The Bertz CT molecular complexity index is 2410. The largest absolute Gasteiger partial charge is 5.00 e. The molecule has 377 valence electrons. The first-order valence-corrected chi connectivity index (χ1v) is 22.6. The quantitative estimate of drug-likeness (QED) is 0.133. The first-order chi connectivity index (χ1) is 32.5. The van der Waals surface area contributed by atoms with E-state index in [1.54, 1.807) is 0 Å². The molecule has 69 heavy (non-hydrogen) atoms. The monoisotopic (exact) mass is 1040 g/mol. The number of alkyl halides is 15. The molecule has 22 heteroatoms. The average Bonchev–Trinajstić information content (AvgIpc) is 4.22. The van der Waals surface area contributed by atoms with Crippen LogP contribution in [0.3, 0.4) is 0 Å². The maximum Gasteiger partial charge on any atom is 5.00 e. The van der Waals surface area contributed by atoms with Crippen LogP contribution in [0.1, 0.15) is 84.4 Å². The topological polar surface area (TPSA) is 83.4 Å². The Morgan fingerprint density at radius 3 is 0.797 bits per heavy atom. The van der Waals surface area contributed by atoms with Crippen LogP contribution in [-0.4, -0.2) is 124 Å². The smallest absolute Gasteiger partial charge is 0.662 e. The number of hydrogen-bond acceptors (Lipinski definition) is 1. The van der Waals surface area contributed by atoms with Crippen molar-refractivity contribution in [2.24, 2.45) is 0 Å². The number of rotatable bonds is 3. The van der Waals surface area contributed by atoms with Crippen molar-refractivity contribution in [2.75, 3.05) is 26.2 Å². The zero-order chi connectivity index (χ0) is 48.7. The van der Waals surface area contributed by atoms with Crippen molar-refractivity contribution < 1.29 is 82.9 Å². The van der Waals surface area contributed by atoms with Gasteiger partial charge in [-0.15, -0.1) is 48.2 Å². The van der Waals surface area contributed by atoms with Crippen LogP contribution in [0.15, 0.2) is 36.4 Å². The fourth-order valence-corrected chi connectivity index (χ4v) is 9.78. The Morgan fingerprint density at radius 1 is 0.304 bits per heavy atom. The molecule has 6 aliphatic rings. The molecule has 12 unspecified atom stereocenters. The van der Waals surface area contributed by atoms with Gasteiger partial charge in [-0.3, -0.25) is 0 Å². The van der Waals surface area contributed by atoms with Gasteiger partial charge in [0.1, 0.15) is 37.0 Å². The van der Waals surface area contributed by atoms with Crippen LogP contribution in [0, 0.1) is 0 Å². The van der Waals surface area contributed by atoms with E-state index in [-0.39, 0.29) is 28.1 Å². The third-order valence-corrected chi connectivity index (χ3v) is 13.5. The van der Waals surface area contributed by atoms with Crippen LogP contribution in [0.2, 0.25) is 0 Å². The van der Waals surface area contributed by atoms with E-state index in [1.165, 1.54) is 50.7 Å². The number of halogens is 15. The third kappa shape index (κ3) is 10.2. The Kier molecular flexibility index (Phi) is 17.1. The summed E-state index contributed by atoms with van der Waals surface area (Å²) >= 11 is 0. The van der Waals surface area contributed by atoms with E-state index in [0.29, 0.717) is 0 Å². The molecule has 12 atom stereocenters. The van der Waals surface area contributed by atoms with Crippen molar-refractivity contribution in [1.82, 2.24) is 19.9 Å². The van der Waals surface area contributed by atoms with Gasteiger partial charge < -0.3 is 25.6 Å². The van der Waals surface area contributed by atoms with Gasteiger partial charge in [-0.05, 0) is 23.3 Å². The fourth-order valence-electron chi connectivity index (χ4n) is 9.78. The first-order valence-electron chi connectivity index (χ1n) is 22.6. The molecule has 3 saturated carbocycles. The van der Waals surface area contributed by atoms with E-state index >= 15 is 26.3 Å². The number of nitrogens with zero attached hydrogens (tertiary/aromatic N) is 6. The standard InChI is InChI=1S/C37H26F15N4.2C5H10N.Fe/c38-23-20(24(39)30(45)35(50)29(23)44)17-11-3-1-9(53-11)10-2-4-12(54-10)18(21-25(40)31(46)36(51)32(47)26(21)41)14-6-8-16(56-14)19(15-7-5-13(17)55-15)22-27(42)33(48)37(52)34(49)28(22)43;2*1-2-4-6-5-3-1;/h1-8,20-37H;2*1-5H2;/q-3;2*-1;+5. The summed E-state index contributed by atoms with van der Waals surface area (Å²) in [6.07, 6.45) is -37.7. The summed E-state index contributed by atoms with van der Waals surface area (Å²) in [5.74, 6) is -7.57. The normalized spacial score (nSPS) is 37.5. The second-order valence-corrected chi connectivity index (χ2v) is 17.8. The molecular formula is C47H46F15FeN6. The number of fused-ring (bicyclic) bond motifs is 9. The zero-order valence-electron chi connectivity index (χ0n) is 36.3. The molecule has 0 amide bonds. The molecule has 0 N–H and O–H groups in total. The van der Waals surface area contributed by atoms with E-state index < -0.39 is 160 Å². The third-order valence-electron chi connectivity index (χ3n) is 13.5. The molecule has 0 aromatic carbocycles. The number of hydrogen-bond donors (Lipinski definition) is 0. The molecular weight excluding hydrogens is 989 g/mol. The van der Waals surface area contributed by atoms with Gasteiger partial charge in [0.05, 0.1) is 29.1 Å². The van der Waals surface area contributed by atoms with Gasteiger partial charge in [0.25, 0.3) is 0 Å². The molecule has 7 heterocycles. The summed E-state index contributed by atoms with van der Waals surface area (Å²) in [5.41, 5.74) is -5.87. The second-order valence-electron chi connectivity index (χ2n) is 17.8. The van der Waals surface area contributed by atoms with Crippen molar-refractivity contribution in [1.29, 1.82) is 0 Å². The summed E-state index contributed by atoms with van der Waals surface area (Å²) in [6.45, 7) is 4.50. The average molecular weight is 1040 g/mol. The van der Waals surface area contributed by atoms with Crippen molar-refractivity contribution in [2.45, 2.75) is 149 Å². The van der Waals surface area contributed by atoms with Crippen LogP contribution < -0.4 is 15.0 Å². The maximum atomic E-state index is 15.8. The van der Waals surface area contributed by atoms with Gasteiger partial charge in [0, 0.05) is 0 Å². The molecule has 1 radical (unpaired) electrons. The van der Waals surface area contributed by atoms with Gasteiger partial charge in [0.15, 0.2) is 55.5 Å². The van der Waals surface area contributed by atoms with E-state index in [4.69, 9.17) is 0 Å². The van der Waals surface area contributed by atoms with Gasteiger partial charge in [-0.25, -0.2) is 70.8 Å². The van der Waals surface area contributed by atoms with Crippen LogP contribution in [0.4, 0.5) is 65.9 Å². The van der Waals surface area contributed by atoms with Crippen LogP contribution >= 0.6 is 0 Å². The molecule has 3 aliphatic heterocycles. The van der Waals surface area contributed by atoms with Crippen molar-refractivity contribution in [3.05, 3.63) is 75.1 Å². The van der Waals surface area contributed by atoms with Gasteiger partial charge in [-0.1, -0.05) is 80.5 Å². The van der Waals surface area contributed by atoms with E-state index in [2.05, 4.69) is 30.6 Å². The fraction of sp³-hybridized carbons (Fsp3) is 0.596. The van der Waals surface area contributed by atoms with Gasteiger partial charge >= 0.3 is 17.1 Å². The second kappa shape index (κ2) is 22.3. The van der Waals surface area contributed by atoms with Crippen molar-refractivity contribution >= 4 is 45.3 Å². The van der Waals surface area contributed by atoms with Crippen molar-refractivity contribution in [3.8, 4) is 0 Å². The van der Waals surface area contributed by atoms with Gasteiger partial charge in [-0.2, -0.15) is 11.0 Å². The Balaban J connectivity index is 0.000000472. The first kappa shape index (κ1) is 52.9. The molecule has 5 fully saturated rings. The summed E-state index contributed by atoms with van der Waals surface area (Å²) in [7, 11) is 0. The SMILES string of the molecule is C1CC[N-]CC1.C1CC[N-]CC1.FC1C(F)C(F)C(c2c3nc(c(C4C(F)C(F)C(F)C(F)C4F)c4ccc([n-]4)c4ccc([n-]4)c(C4C(F)C(F)C(F)C(F)C4F)c4ccc2[n-]4)C=C3)C(F)C1F.[Fe+5]. The van der Waals surface area contributed by atoms with Crippen molar-refractivity contribution in [3.63, 3.8) is 0 Å². The molecule has 4 aromatic heterocycles. The molecule has 10 rings (SSSR count). The predicted molar refractivity (Wildman–Crippen MR) is 228 cm³/mol. The van der Waals surface area contributed by atoms with E-state index in [9.17, 15) is 39.5 Å². The van der Waals surface area contributed by atoms with Gasteiger partial charge in [0.2, 0.25) is 0 Å². The summed E-state index contributed by atoms with van der Waals surface area (Å²) in [6, 6.07) is 6.36.